The number of carbonyl (C=O) groups is 5. The van der Waals surface area contributed by atoms with Gasteiger partial charge in [0.25, 0.3) is 5.91 Å². The SMILES string of the molecule is COc1ccc(C(=O)N(C)CC(CCN2CCC(N3CCCNC3=O)CC2)c2ccc(Cl)c(Cl)c2)cc1.O=C(O)CC(O)(CC(=O)O)C(=O)O. The molecule has 0 saturated carbocycles. The summed E-state index contributed by atoms with van der Waals surface area (Å²) in [6, 6.07) is 13.3. The third-order valence-electron chi connectivity index (χ3n) is 8.78. The van der Waals surface area contributed by atoms with Gasteiger partial charge in [0.15, 0.2) is 5.60 Å². The number of nitrogens with one attached hydrogen (secondary N) is 1. The van der Waals surface area contributed by atoms with Crippen molar-refractivity contribution < 1.29 is 49.1 Å². The number of methoxy groups -OCH3 is 1. The Morgan fingerprint density at radius 2 is 1.60 bits per heavy atom. The largest absolute Gasteiger partial charge is 0.497 e. The summed E-state index contributed by atoms with van der Waals surface area (Å²) in [5.74, 6) is -4.23. The molecule has 1 unspecified atom stereocenters. The summed E-state index contributed by atoms with van der Waals surface area (Å²) in [6.45, 7) is 5.03. The van der Waals surface area contributed by atoms with Gasteiger partial charge in [0.05, 0.1) is 30.0 Å². The number of aliphatic hydroxyl groups is 1. The first-order valence-electron chi connectivity index (χ1n) is 16.1. The van der Waals surface area contributed by atoms with Crippen LogP contribution >= 0.6 is 23.2 Å². The molecule has 0 aliphatic carbocycles. The lowest BCUT2D eigenvalue weighted by atomic mass is 9.93. The molecule has 0 aromatic heterocycles. The summed E-state index contributed by atoms with van der Waals surface area (Å²) in [4.78, 5) is 62.1. The molecule has 2 saturated heterocycles. The van der Waals surface area contributed by atoms with Gasteiger partial charge in [0.2, 0.25) is 0 Å². The molecule has 2 aliphatic rings. The number of carboxylic acid groups (broad SMARTS) is 3. The molecule has 14 nitrogen and oxygen atoms in total. The number of rotatable bonds is 14. The van der Waals surface area contributed by atoms with Gasteiger partial charge in [0, 0.05) is 57.3 Å². The number of urea groups is 1. The molecule has 5 N–H and O–H groups in total. The van der Waals surface area contributed by atoms with E-state index in [4.69, 9.17) is 48.4 Å². The first kappa shape index (κ1) is 40.3. The normalized spacial score (nSPS) is 16.0. The van der Waals surface area contributed by atoms with Crippen molar-refractivity contribution >= 4 is 53.0 Å². The predicted molar refractivity (Wildman–Crippen MR) is 185 cm³/mol. The highest BCUT2D eigenvalue weighted by atomic mass is 35.5. The Kier molecular flexibility index (Phi) is 15.1. The minimum atomic E-state index is -2.74. The van der Waals surface area contributed by atoms with Crippen LogP contribution in [-0.2, 0) is 14.4 Å². The van der Waals surface area contributed by atoms with E-state index < -0.39 is 36.4 Å². The van der Waals surface area contributed by atoms with E-state index in [0.29, 0.717) is 28.2 Å². The van der Waals surface area contributed by atoms with Crippen LogP contribution in [0.5, 0.6) is 5.75 Å². The summed E-state index contributed by atoms with van der Waals surface area (Å²) in [5, 5.41) is 37.8. The van der Waals surface area contributed by atoms with E-state index in [1.807, 2.05) is 30.1 Å². The highest BCUT2D eigenvalue weighted by molar-refractivity contribution is 6.42. The lowest BCUT2D eigenvalue weighted by Crippen LogP contribution is -2.54. The standard InChI is InChI=1S/C28H36Cl2N4O3.C6H8O7/c1-32(27(35)20-4-7-24(37-2)8-5-20)19-22(21-6-9-25(29)26(30)18-21)10-15-33-16-11-23(12-17-33)34-14-3-13-31-28(34)36;7-3(8)1-6(13,5(11)12)2-4(9)10/h4-9,18,22-23H,3,10-17,19H2,1-2H3,(H,31,36);13H,1-2H2,(H,7,8)(H,9,10)(H,11,12). The second-order valence-electron chi connectivity index (χ2n) is 12.4. The third kappa shape index (κ3) is 11.8. The lowest BCUT2D eigenvalue weighted by Gasteiger charge is -2.40. The Morgan fingerprint density at radius 3 is 2.12 bits per heavy atom. The number of halogens is 2. The van der Waals surface area contributed by atoms with Crippen molar-refractivity contribution in [3.63, 3.8) is 0 Å². The molecule has 2 aromatic rings. The van der Waals surface area contributed by atoms with E-state index in [1.54, 1.807) is 36.3 Å². The van der Waals surface area contributed by atoms with Crippen LogP contribution in [-0.4, -0.2) is 130 Å². The summed E-state index contributed by atoms with van der Waals surface area (Å²) < 4.78 is 5.21. The molecule has 0 spiro atoms. The van der Waals surface area contributed by atoms with Crippen LogP contribution in [0.4, 0.5) is 4.79 Å². The molecule has 0 bridgehead atoms. The van der Waals surface area contributed by atoms with Crippen LogP contribution in [0.25, 0.3) is 0 Å². The van der Waals surface area contributed by atoms with Crippen molar-refractivity contribution in [2.75, 3.05) is 53.4 Å². The van der Waals surface area contributed by atoms with Crippen molar-refractivity contribution in [3.05, 3.63) is 63.6 Å². The molecular formula is C34H44Cl2N4O10. The van der Waals surface area contributed by atoms with Crippen molar-refractivity contribution in [3.8, 4) is 5.75 Å². The van der Waals surface area contributed by atoms with Gasteiger partial charge < -0.3 is 45.2 Å². The van der Waals surface area contributed by atoms with Crippen molar-refractivity contribution in [2.24, 2.45) is 0 Å². The number of hydrogen-bond donors (Lipinski definition) is 5. The van der Waals surface area contributed by atoms with Gasteiger partial charge in [-0.05, 0) is 74.2 Å². The fourth-order valence-corrected chi connectivity index (χ4v) is 6.31. The summed E-state index contributed by atoms with van der Waals surface area (Å²) in [6.07, 6.45) is 1.58. The van der Waals surface area contributed by atoms with Gasteiger partial charge in [-0.3, -0.25) is 14.4 Å². The number of carbonyl (C=O) groups excluding carboxylic acids is 2. The number of amides is 3. The van der Waals surface area contributed by atoms with Crippen LogP contribution in [0.2, 0.25) is 10.0 Å². The van der Waals surface area contributed by atoms with Crippen LogP contribution < -0.4 is 10.1 Å². The van der Waals surface area contributed by atoms with Crippen LogP contribution in [0, 0.1) is 0 Å². The number of nitrogens with zero attached hydrogens (tertiary/aromatic N) is 3. The molecule has 2 heterocycles. The minimum absolute atomic E-state index is 0.0339. The number of ether oxygens (including phenoxy) is 1. The van der Waals surface area contributed by atoms with Gasteiger partial charge in [-0.1, -0.05) is 29.3 Å². The van der Waals surface area contributed by atoms with E-state index in [2.05, 4.69) is 10.2 Å². The molecule has 2 aliphatic heterocycles. The first-order valence-corrected chi connectivity index (χ1v) is 16.9. The molecule has 0 radical (unpaired) electrons. The second kappa shape index (κ2) is 18.8. The molecular weight excluding hydrogens is 695 g/mol. The number of likely N-dealkylation sites (N-methyl/N-ethyl adjacent to an activating group) is 1. The topological polar surface area (TPSA) is 197 Å². The van der Waals surface area contributed by atoms with E-state index in [1.165, 1.54) is 0 Å². The average Bonchev–Trinajstić information content (AvgIpc) is 3.07. The van der Waals surface area contributed by atoms with Crippen LogP contribution in [0.1, 0.15) is 60.4 Å². The minimum Gasteiger partial charge on any atom is -0.497 e. The Hall–Kier alpha value is -4.11. The highest BCUT2D eigenvalue weighted by Gasteiger charge is 2.40. The van der Waals surface area contributed by atoms with Crippen molar-refractivity contribution in [1.82, 2.24) is 20.0 Å². The Morgan fingerprint density at radius 1 is 0.980 bits per heavy atom. The number of hydrogen-bond acceptors (Lipinski definition) is 8. The van der Waals surface area contributed by atoms with E-state index in [-0.39, 0.29) is 17.9 Å². The summed E-state index contributed by atoms with van der Waals surface area (Å²) >= 11 is 12.5. The smallest absolute Gasteiger partial charge is 0.336 e. The molecule has 50 heavy (non-hydrogen) atoms. The van der Waals surface area contributed by atoms with Gasteiger partial charge >= 0.3 is 23.9 Å². The zero-order valence-corrected chi connectivity index (χ0v) is 29.5. The molecule has 3 amide bonds. The van der Waals surface area contributed by atoms with Gasteiger partial charge in [0.1, 0.15) is 5.75 Å². The average molecular weight is 740 g/mol. The summed E-state index contributed by atoms with van der Waals surface area (Å²) in [5.41, 5.74) is -1.04. The number of aliphatic carboxylic acids is 3. The maximum absolute atomic E-state index is 13.1. The molecule has 1 atom stereocenters. The predicted octanol–water partition coefficient (Wildman–Crippen LogP) is 3.88. The Balaban J connectivity index is 0.000000442. The van der Waals surface area contributed by atoms with Crippen LogP contribution in [0.3, 0.4) is 0 Å². The van der Waals surface area contributed by atoms with Crippen molar-refractivity contribution in [2.45, 2.75) is 56.1 Å². The lowest BCUT2D eigenvalue weighted by molar-refractivity contribution is -0.170. The molecule has 274 valence electrons. The number of carboxylic acids is 3. The summed E-state index contributed by atoms with van der Waals surface area (Å²) in [7, 11) is 3.45. The number of piperidine rings is 1. The molecule has 2 fully saturated rings. The fourth-order valence-electron chi connectivity index (χ4n) is 6.00. The van der Waals surface area contributed by atoms with Crippen molar-refractivity contribution in [1.29, 1.82) is 0 Å². The van der Waals surface area contributed by atoms with Gasteiger partial charge in [-0.25, -0.2) is 9.59 Å². The Labute approximate surface area is 300 Å². The maximum Gasteiger partial charge on any atom is 0.336 e. The fraction of sp³-hybridized carbons (Fsp3) is 0.500. The number of benzene rings is 2. The van der Waals surface area contributed by atoms with E-state index in [0.717, 1.165) is 69.7 Å². The molecule has 4 rings (SSSR count). The van der Waals surface area contributed by atoms with Gasteiger partial charge in [-0.15, -0.1) is 0 Å². The second-order valence-corrected chi connectivity index (χ2v) is 13.2. The molecule has 2 aromatic carbocycles. The quantitative estimate of drug-likeness (QED) is 0.189. The zero-order valence-electron chi connectivity index (χ0n) is 28.0. The maximum atomic E-state index is 13.1. The Bertz CT molecular complexity index is 1490. The van der Waals surface area contributed by atoms with E-state index in [9.17, 15) is 24.0 Å². The number of likely N-dealkylation sites (tertiary alicyclic amines) is 1. The molecule has 16 heteroatoms. The monoisotopic (exact) mass is 738 g/mol. The first-order chi connectivity index (χ1) is 23.6. The highest BCUT2D eigenvalue weighted by Crippen LogP contribution is 2.30. The van der Waals surface area contributed by atoms with E-state index >= 15 is 0 Å². The zero-order chi connectivity index (χ0) is 37.0. The van der Waals surface area contributed by atoms with Crippen LogP contribution in [0.15, 0.2) is 42.5 Å². The third-order valence-corrected chi connectivity index (χ3v) is 9.52. The van der Waals surface area contributed by atoms with Gasteiger partial charge in [-0.2, -0.15) is 0 Å².